The molecule has 0 aliphatic heterocycles. The van der Waals surface area contributed by atoms with Gasteiger partial charge in [-0.3, -0.25) is 9.59 Å². The average Bonchev–Trinajstić information content (AvgIpc) is 2.93. The zero-order valence-corrected chi connectivity index (χ0v) is 22.6. The van der Waals surface area contributed by atoms with Crippen LogP contribution in [0.4, 0.5) is 0 Å². The molecule has 194 valence electrons. The maximum absolute atomic E-state index is 13.8. The quantitative estimate of drug-likeness (QED) is 0.295. The first-order chi connectivity index (χ1) is 18.1. The lowest BCUT2D eigenvalue weighted by Gasteiger charge is -2.34. The molecule has 1 aliphatic carbocycles. The van der Waals surface area contributed by atoms with Crippen molar-refractivity contribution in [1.82, 2.24) is 10.2 Å². The molecule has 1 saturated carbocycles. The number of nitrogens with one attached hydrogen (secondary N) is 1. The largest absolute Gasteiger partial charge is 0.352 e. The maximum Gasteiger partial charge on any atom is 0.243 e. The first-order valence-corrected chi connectivity index (χ1v) is 14.4. The van der Waals surface area contributed by atoms with Crippen molar-refractivity contribution < 1.29 is 9.59 Å². The molecule has 0 radical (unpaired) electrons. The van der Waals surface area contributed by atoms with Crippen LogP contribution in [0.25, 0.3) is 0 Å². The molecule has 0 aromatic heterocycles. The lowest BCUT2D eigenvalue weighted by atomic mass is 9.94. The minimum Gasteiger partial charge on any atom is -0.352 e. The Kier molecular flexibility index (Phi) is 10.2. The van der Waals surface area contributed by atoms with Gasteiger partial charge in [-0.15, -0.1) is 11.8 Å². The van der Waals surface area contributed by atoms with Crippen molar-refractivity contribution in [2.45, 2.75) is 75.4 Å². The number of carbonyl (C=O) groups excluding carboxylic acids is 2. The molecule has 0 spiro atoms. The zero-order chi connectivity index (χ0) is 25.9. The number of carbonyl (C=O) groups is 2. The van der Waals surface area contributed by atoms with E-state index in [1.54, 1.807) is 11.8 Å². The Morgan fingerprint density at radius 2 is 1.54 bits per heavy atom. The Morgan fingerprint density at radius 3 is 2.24 bits per heavy atom. The molecule has 4 nitrogen and oxygen atoms in total. The van der Waals surface area contributed by atoms with Gasteiger partial charge in [0.2, 0.25) is 11.8 Å². The van der Waals surface area contributed by atoms with Gasteiger partial charge in [-0.25, -0.2) is 0 Å². The minimum atomic E-state index is -0.557. The molecule has 1 aliphatic rings. The van der Waals surface area contributed by atoms with E-state index in [-0.39, 0.29) is 17.9 Å². The first kappa shape index (κ1) is 27.0. The summed E-state index contributed by atoms with van der Waals surface area (Å²) in [5.74, 6) is 0.662. The summed E-state index contributed by atoms with van der Waals surface area (Å²) in [5, 5.41) is 3.32. The molecule has 3 aromatic carbocycles. The third kappa shape index (κ3) is 8.22. The van der Waals surface area contributed by atoms with Crippen LogP contribution in [0.15, 0.2) is 89.8 Å². The van der Waals surface area contributed by atoms with E-state index in [1.165, 1.54) is 6.42 Å². The van der Waals surface area contributed by atoms with Crippen molar-refractivity contribution in [2.75, 3.05) is 5.75 Å². The Morgan fingerprint density at radius 1 is 0.892 bits per heavy atom. The molecule has 4 rings (SSSR count). The zero-order valence-electron chi connectivity index (χ0n) is 21.8. The van der Waals surface area contributed by atoms with Crippen LogP contribution in [-0.4, -0.2) is 34.6 Å². The summed E-state index contributed by atoms with van der Waals surface area (Å²) in [4.78, 5) is 30.6. The maximum atomic E-state index is 13.8. The number of hydrogen-bond donors (Lipinski definition) is 1. The van der Waals surface area contributed by atoms with E-state index < -0.39 is 6.04 Å². The van der Waals surface area contributed by atoms with Gasteiger partial charge < -0.3 is 10.2 Å². The van der Waals surface area contributed by atoms with Crippen molar-refractivity contribution >= 4 is 23.6 Å². The normalized spacial score (nSPS) is 14.6. The van der Waals surface area contributed by atoms with Gasteiger partial charge in [-0.2, -0.15) is 0 Å². The molecule has 3 aromatic rings. The van der Waals surface area contributed by atoms with Crippen molar-refractivity contribution in [3.8, 4) is 0 Å². The SMILES string of the molecule is Cc1ccccc1CN(C(=O)CCSc1ccccc1)[C@@H](Cc1ccccc1)C(=O)NC1CCCCC1. The van der Waals surface area contributed by atoms with Crippen molar-refractivity contribution in [3.63, 3.8) is 0 Å². The lowest BCUT2D eigenvalue weighted by molar-refractivity contribution is -0.141. The van der Waals surface area contributed by atoms with E-state index in [9.17, 15) is 9.59 Å². The van der Waals surface area contributed by atoms with Crippen LogP contribution in [-0.2, 0) is 22.6 Å². The van der Waals surface area contributed by atoms with E-state index in [0.717, 1.165) is 47.3 Å². The fourth-order valence-corrected chi connectivity index (χ4v) is 5.85. The highest BCUT2D eigenvalue weighted by Gasteiger charge is 2.32. The third-order valence-electron chi connectivity index (χ3n) is 7.15. The number of aryl methyl sites for hydroxylation is 1. The molecule has 37 heavy (non-hydrogen) atoms. The molecule has 5 heteroatoms. The van der Waals surface area contributed by atoms with Crippen LogP contribution in [0, 0.1) is 6.92 Å². The Labute approximate surface area is 225 Å². The van der Waals surface area contributed by atoms with Gasteiger partial charge in [-0.05, 0) is 48.6 Å². The van der Waals surface area contributed by atoms with E-state index in [4.69, 9.17) is 0 Å². The van der Waals surface area contributed by atoms with Gasteiger partial charge in [0.15, 0.2) is 0 Å². The van der Waals surface area contributed by atoms with E-state index in [1.807, 2.05) is 65.6 Å². The highest BCUT2D eigenvalue weighted by molar-refractivity contribution is 7.99. The molecular weight excluding hydrogens is 476 g/mol. The van der Waals surface area contributed by atoms with Gasteiger partial charge in [0.05, 0.1) is 0 Å². The van der Waals surface area contributed by atoms with Crippen LogP contribution < -0.4 is 5.32 Å². The van der Waals surface area contributed by atoms with Gasteiger partial charge in [-0.1, -0.05) is 92.1 Å². The first-order valence-electron chi connectivity index (χ1n) is 13.5. The summed E-state index contributed by atoms with van der Waals surface area (Å²) < 4.78 is 0. The second-order valence-corrected chi connectivity index (χ2v) is 11.1. The van der Waals surface area contributed by atoms with Crippen LogP contribution in [0.2, 0.25) is 0 Å². The van der Waals surface area contributed by atoms with E-state index in [0.29, 0.717) is 25.1 Å². The molecular formula is C32H38N2O2S. The number of rotatable bonds is 11. The average molecular weight is 515 g/mol. The molecule has 1 fully saturated rings. The van der Waals surface area contributed by atoms with Gasteiger partial charge in [0.25, 0.3) is 0 Å². The van der Waals surface area contributed by atoms with Crippen LogP contribution in [0.3, 0.4) is 0 Å². The fourth-order valence-electron chi connectivity index (χ4n) is 4.99. The second-order valence-electron chi connectivity index (χ2n) is 9.91. The van der Waals surface area contributed by atoms with Crippen molar-refractivity contribution in [3.05, 3.63) is 102 Å². The summed E-state index contributed by atoms with van der Waals surface area (Å²) in [6.45, 7) is 2.49. The molecule has 0 heterocycles. The summed E-state index contributed by atoms with van der Waals surface area (Å²) >= 11 is 1.68. The molecule has 0 bridgehead atoms. The smallest absolute Gasteiger partial charge is 0.243 e. The molecule has 2 amide bonds. The van der Waals surface area contributed by atoms with Crippen molar-refractivity contribution in [1.29, 1.82) is 0 Å². The number of hydrogen-bond acceptors (Lipinski definition) is 3. The highest BCUT2D eigenvalue weighted by Crippen LogP contribution is 2.23. The van der Waals surface area contributed by atoms with Gasteiger partial charge in [0.1, 0.15) is 6.04 Å². The number of nitrogens with zero attached hydrogens (tertiary/aromatic N) is 1. The summed E-state index contributed by atoms with van der Waals surface area (Å²) in [6, 6.07) is 28.0. The number of benzene rings is 3. The standard InChI is InChI=1S/C32H38N2O2S/c1-25-13-11-12-16-27(25)24-34(31(35)21-22-37-29-19-9-4-10-20-29)30(23-26-14-5-2-6-15-26)32(36)33-28-17-7-3-8-18-28/h2,4-6,9-16,19-20,28,30H,3,7-8,17-18,21-24H2,1H3,(H,33,36)/t30-/m0/s1. The predicted octanol–water partition coefficient (Wildman–Crippen LogP) is 6.57. The molecule has 0 unspecified atom stereocenters. The topological polar surface area (TPSA) is 49.4 Å². The van der Waals surface area contributed by atoms with Gasteiger partial charge >= 0.3 is 0 Å². The number of thioether (sulfide) groups is 1. The van der Waals surface area contributed by atoms with E-state index >= 15 is 0 Å². The minimum absolute atomic E-state index is 0.0198. The Balaban J connectivity index is 1.57. The highest BCUT2D eigenvalue weighted by atomic mass is 32.2. The van der Waals surface area contributed by atoms with Gasteiger partial charge in [0, 0.05) is 36.1 Å². The van der Waals surface area contributed by atoms with Crippen LogP contribution >= 0.6 is 11.8 Å². The Bertz CT molecular complexity index is 1130. The second kappa shape index (κ2) is 14.0. The monoisotopic (exact) mass is 514 g/mol. The van der Waals surface area contributed by atoms with Crippen molar-refractivity contribution in [2.24, 2.45) is 0 Å². The molecule has 1 N–H and O–H groups in total. The van der Waals surface area contributed by atoms with Crippen LogP contribution in [0.1, 0.15) is 55.2 Å². The fraction of sp³-hybridized carbons (Fsp3) is 0.375. The Hall–Kier alpha value is -3.05. The number of amides is 2. The summed E-state index contributed by atoms with van der Waals surface area (Å²) in [6.07, 6.45) is 6.45. The summed E-state index contributed by atoms with van der Waals surface area (Å²) in [7, 11) is 0. The molecule has 0 saturated heterocycles. The van der Waals surface area contributed by atoms with Crippen LogP contribution in [0.5, 0.6) is 0 Å². The lowest BCUT2D eigenvalue weighted by Crippen LogP contribution is -2.53. The predicted molar refractivity (Wildman–Crippen MR) is 152 cm³/mol. The van der Waals surface area contributed by atoms with E-state index in [2.05, 4.69) is 36.5 Å². The molecule has 1 atom stereocenters. The summed E-state index contributed by atoms with van der Waals surface area (Å²) in [5.41, 5.74) is 3.27. The third-order valence-corrected chi connectivity index (χ3v) is 8.17.